The Balaban J connectivity index is 1.80. The minimum Gasteiger partial charge on any atom is -0.490 e. The highest BCUT2D eigenvalue weighted by Crippen LogP contribution is 2.30. The highest BCUT2D eigenvalue weighted by molar-refractivity contribution is 7.98. The molecule has 170 valence electrons. The number of ether oxygens (including phenoxy) is 2. The fourth-order valence-electron chi connectivity index (χ4n) is 3.13. The predicted octanol–water partition coefficient (Wildman–Crippen LogP) is 5.80. The van der Waals surface area contributed by atoms with Crippen molar-refractivity contribution in [2.24, 2.45) is 0 Å². The maximum Gasteiger partial charge on any atom is 0.266 e. The van der Waals surface area contributed by atoms with Gasteiger partial charge in [-0.05, 0) is 61.2 Å². The van der Waals surface area contributed by atoms with Gasteiger partial charge < -0.3 is 14.8 Å². The summed E-state index contributed by atoms with van der Waals surface area (Å²) in [4.78, 5) is 13.7. The molecule has 0 aliphatic carbocycles. The molecule has 3 aromatic rings. The Bertz CT molecular complexity index is 1290. The summed E-state index contributed by atoms with van der Waals surface area (Å²) in [7, 11) is 0. The van der Waals surface area contributed by atoms with E-state index in [0.29, 0.717) is 34.9 Å². The fraction of sp³-hybridized carbons (Fsp3) is 0.148. The number of nitrogens with one attached hydrogen (secondary N) is 1. The Morgan fingerprint density at radius 3 is 2.59 bits per heavy atom. The fourth-order valence-corrected chi connectivity index (χ4v) is 3.59. The van der Waals surface area contributed by atoms with E-state index in [1.165, 1.54) is 6.08 Å². The number of benzene rings is 3. The first-order valence-electron chi connectivity index (χ1n) is 10.5. The van der Waals surface area contributed by atoms with Crippen molar-refractivity contribution >= 4 is 29.4 Å². The Hall–Kier alpha value is -4.20. The average molecular weight is 470 g/mol. The van der Waals surface area contributed by atoms with Gasteiger partial charge in [-0.1, -0.05) is 30.3 Å². The molecule has 0 unspecified atom stereocenters. The van der Waals surface area contributed by atoms with Crippen LogP contribution in [-0.4, -0.2) is 18.8 Å². The third-order valence-corrected chi connectivity index (χ3v) is 5.52. The van der Waals surface area contributed by atoms with Gasteiger partial charge in [0.25, 0.3) is 5.91 Å². The minimum absolute atomic E-state index is 0.0337. The molecule has 0 radical (unpaired) electrons. The number of thioether (sulfide) groups is 1. The number of hydrogen-bond donors (Lipinski definition) is 1. The first-order chi connectivity index (χ1) is 16.6. The zero-order chi connectivity index (χ0) is 24.3. The Kier molecular flexibility index (Phi) is 8.73. The molecule has 0 aromatic heterocycles. The standard InChI is InChI=1S/C27H23N3O3S/c1-3-32-26-14-19(11-12-25(26)33-18-21-8-5-4-7-20(21)16-28)13-22(17-29)27(31)30-23-9-6-10-24(15-23)34-2/h4-15H,3,18H2,1-2H3,(H,30,31)/b22-13+. The van der Waals surface area contributed by atoms with Crippen LogP contribution in [0.1, 0.15) is 23.6 Å². The number of hydrogen-bond acceptors (Lipinski definition) is 6. The molecule has 0 spiro atoms. The lowest BCUT2D eigenvalue weighted by atomic mass is 10.1. The largest absolute Gasteiger partial charge is 0.490 e. The summed E-state index contributed by atoms with van der Waals surface area (Å²) in [6, 6.07) is 23.9. The SMILES string of the molecule is CCOc1cc(/C=C(\C#N)C(=O)Nc2cccc(SC)c2)ccc1OCc1ccccc1C#N. The molecule has 1 amide bonds. The third kappa shape index (κ3) is 6.41. The molecule has 3 rings (SSSR count). The average Bonchev–Trinajstić information content (AvgIpc) is 2.87. The van der Waals surface area contributed by atoms with E-state index in [2.05, 4.69) is 11.4 Å². The zero-order valence-corrected chi connectivity index (χ0v) is 19.7. The van der Waals surface area contributed by atoms with Crippen LogP contribution in [-0.2, 0) is 11.4 Å². The van der Waals surface area contributed by atoms with E-state index in [1.54, 1.807) is 48.2 Å². The van der Waals surface area contributed by atoms with Gasteiger partial charge in [-0.15, -0.1) is 11.8 Å². The summed E-state index contributed by atoms with van der Waals surface area (Å²) < 4.78 is 11.6. The van der Waals surface area contributed by atoms with E-state index in [4.69, 9.17) is 9.47 Å². The summed E-state index contributed by atoms with van der Waals surface area (Å²) in [5.41, 5.74) is 2.53. The summed E-state index contributed by atoms with van der Waals surface area (Å²) in [6.07, 6.45) is 3.46. The molecule has 7 heteroatoms. The maximum absolute atomic E-state index is 12.7. The maximum atomic E-state index is 12.7. The van der Waals surface area contributed by atoms with Crippen LogP contribution in [0.4, 0.5) is 5.69 Å². The second-order valence-electron chi connectivity index (χ2n) is 7.05. The van der Waals surface area contributed by atoms with Crippen LogP contribution in [0.2, 0.25) is 0 Å². The van der Waals surface area contributed by atoms with E-state index in [0.717, 1.165) is 10.5 Å². The normalized spacial score (nSPS) is 10.6. The first kappa shape index (κ1) is 24.4. The Morgan fingerprint density at radius 1 is 1.03 bits per heavy atom. The highest BCUT2D eigenvalue weighted by atomic mass is 32.2. The lowest BCUT2D eigenvalue weighted by Crippen LogP contribution is -2.13. The molecular weight excluding hydrogens is 446 g/mol. The second-order valence-corrected chi connectivity index (χ2v) is 7.93. The first-order valence-corrected chi connectivity index (χ1v) is 11.7. The Labute approximate surface area is 203 Å². The van der Waals surface area contributed by atoms with Gasteiger partial charge in [0, 0.05) is 16.1 Å². The number of amides is 1. The van der Waals surface area contributed by atoms with Crippen LogP contribution in [0.15, 0.2) is 77.2 Å². The van der Waals surface area contributed by atoms with Crippen LogP contribution in [0.3, 0.4) is 0 Å². The van der Waals surface area contributed by atoms with Gasteiger partial charge in [-0.25, -0.2) is 0 Å². The van der Waals surface area contributed by atoms with Crippen molar-refractivity contribution in [3.05, 3.63) is 89.0 Å². The summed E-state index contributed by atoms with van der Waals surface area (Å²) in [6.45, 7) is 2.48. The number of anilines is 1. The molecule has 1 N–H and O–H groups in total. The van der Waals surface area contributed by atoms with E-state index in [9.17, 15) is 15.3 Å². The van der Waals surface area contributed by atoms with Crippen molar-refractivity contribution in [2.75, 3.05) is 18.2 Å². The molecule has 0 heterocycles. The molecule has 0 fully saturated rings. The van der Waals surface area contributed by atoms with Gasteiger partial charge in [0.2, 0.25) is 0 Å². The predicted molar refractivity (Wildman–Crippen MR) is 134 cm³/mol. The molecule has 34 heavy (non-hydrogen) atoms. The monoisotopic (exact) mass is 469 g/mol. The molecular formula is C27H23N3O3S. The Morgan fingerprint density at radius 2 is 1.85 bits per heavy atom. The van der Waals surface area contributed by atoms with Gasteiger partial charge in [0.15, 0.2) is 11.5 Å². The third-order valence-electron chi connectivity index (χ3n) is 4.79. The van der Waals surface area contributed by atoms with Crippen molar-refractivity contribution in [3.8, 4) is 23.6 Å². The van der Waals surface area contributed by atoms with Gasteiger partial charge in [0.1, 0.15) is 18.2 Å². The summed E-state index contributed by atoms with van der Waals surface area (Å²) in [5, 5.41) is 21.6. The molecule has 0 saturated heterocycles. The van der Waals surface area contributed by atoms with Crippen LogP contribution in [0.5, 0.6) is 11.5 Å². The minimum atomic E-state index is -0.493. The molecule has 0 atom stereocenters. The van der Waals surface area contributed by atoms with Gasteiger partial charge in [-0.2, -0.15) is 10.5 Å². The van der Waals surface area contributed by atoms with Crippen molar-refractivity contribution in [2.45, 2.75) is 18.4 Å². The van der Waals surface area contributed by atoms with Crippen LogP contribution >= 0.6 is 11.8 Å². The van der Waals surface area contributed by atoms with Crippen molar-refractivity contribution in [3.63, 3.8) is 0 Å². The van der Waals surface area contributed by atoms with Crippen LogP contribution in [0.25, 0.3) is 6.08 Å². The molecule has 0 aliphatic rings. The lowest BCUT2D eigenvalue weighted by Gasteiger charge is -2.13. The molecule has 3 aromatic carbocycles. The van der Waals surface area contributed by atoms with E-state index >= 15 is 0 Å². The molecule has 0 bridgehead atoms. The zero-order valence-electron chi connectivity index (χ0n) is 18.9. The number of nitriles is 2. The van der Waals surface area contributed by atoms with Gasteiger partial charge >= 0.3 is 0 Å². The highest BCUT2D eigenvalue weighted by Gasteiger charge is 2.12. The van der Waals surface area contributed by atoms with Gasteiger partial charge in [-0.3, -0.25) is 4.79 Å². The van der Waals surface area contributed by atoms with Crippen molar-refractivity contribution in [1.29, 1.82) is 10.5 Å². The van der Waals surface area contributed by atoms with Crippen molar-refractivity contribution in [1.82, 2.24) is 0 Å². The van der Waals surface area contributed by atoms with E-state index < -0.39 is 5.91 Å². The van der Waals surface area contributed by atoms with E-state index in [-0.39, 0.29) is 12.2 Å². The molecule has 6 nitrogen and oxygen atoms in total. The second kappa shape index (κ2) is 12.2. The number of carbonyl (C=O) groups excluding carboxylic acids is 1. The summed E-state index contributed by atoms with van der Waals surface area (Å²) >= 11 is 1.57. The number of carbonyl (C=O) groups is 1. The van der Waals surface area contributed by atoms with Gasteiger partial charge in [0.05, 0.1) is 18.2 Å². The quantitative estimate of drug-likeness (QED) is 0.242. The number of nitrogens with zero attached hydrogens (tertiary/aromatic N) is 2. The lowest BCUT2D eigenvalue weighted by molar-refractivity contribution is -0.112. The van der Waals surface area contributed by atoms with E-state index in [1.807, 2.05) is 49.6 Å². The topological polar surface area (TPSA) is 95.1 Å². The van der Waals surface area contributed by atoms with Crippen molar-refractivity contribution < 1.29 is 14.3 Å². The molecule has 0 saturated carbocycles. The summed E-state index contributed by atoms with van der Waals surface area (Å²) in [5.74, 6) is 0.492. The van der Waals surface area contributed by atoms with Crippen LogP contribution in [0, 0.1) is 22.7 Å². The number of rotatable bonds is 9. The molecule has 0 aliphatic heterocycles. The van der Waals surface area contributed by atoms with Crippen LogP contribution < -0.4 is 14.8 Å². The smallest absolute Gasteiger partial charge is 0.266 e.